The van der Waals surface area contributed by atoms with E-state index in [4.69, 9.17) is 15.0 Å². The van der Waals surface area contributed by atoms with E-state index in [0.717, 1.165) is 33.2 Å². The average Bonchev–Trinajstić information content (AvgIpc) is 3.73. The maximum absolute atomic E-state index is 5.23. The highest BCUT2D eigenvalue weighted by molar-refractivity contribution is 6.28. The highest BCUT2D eigenvalue weighted by Crippen LogP contribution is 2.51. The molecule has 0 saturated carbocycles. The molecular weight excluding hydrogens is 705 g/mol. The van der Waals surface area contributed by atoms with E-state index in [9.17, 15) is 0 Å². The van der Waals surface area contributed by atoms with Crippen LogP contribution in [0.3, 0.4) is 0 Å². The predicted octanol–water partition coefficient (Wildman–Crippen LogP) is 13.7. The maximum Gasteiger partial charge on any atom is 0.164 e. The van der Waals surface area contributed by atoms with Crippen LogP contribution in [0.15, 0.2) is 182 Å². The first-order valence-corrected chi connectivity index (χ1v) is 20.0. The number of aromatic nitrogens is 4. The van der Waals surface area contributed by atoms with Gasteiger partial charge in [-0.05, 0) is 79.5 Å². The number of benzene rings is 9. The zero-order valence-electron chi connectivity index (χ0n) is 32.1. The standard InChI is InChI=1S/C54H36N4/c1-54(2)46-26-13-11-22-39(46)43-31-44-40-23-12-14-27-48(40)58(49(44)32-47(43)54)35-28-29-38-36-20-9-10-21-37(36)41-24-15-25-42(50(41)45(38)30-35)53-56-51(33-16-5-3-6-17-33)55-52(57-53)34-18-7-4-8-19-34/h3-32H,1-2H3. The van der Waals surface area contributed by atoms with Gasteiger partial charge in [0.1, 0.15) is 0 Å². The van der Waals surface area contributed by atoms with Gasteiger partial charge >= 0.3 is 0 Å². The number of para-hydroxylation sites is 1. The Kier molecular flexibility index (Phi) is 6.94. The average molecular weight is 741 g/mol. The Balaban J connectivity index is 1.17. The van der Waals surface area contributed by atoms with Crippen LogP contribution in [0.4, 0.5) is 0 Å². The van der Waals surface area contributed by atoms with Gasteiger partial charge < -0.3 is 4.57 Å². The Labute approximate surface area is 335 Å². The molecule has 11 aromatic rings. The lowest BCUT2D eigenvalue weighted by Crippen LogP contribution is -2.14. The fourth-order valence-corrected chi connectivity index (χ4v) is 9.69. The molecule has 272 valence electrons. The van der Waals surface area contributed by atoms with Gasteiger partial charge in [0.05, 0.1) is 11.0 Å². The monoisotopic (exact) mass is 740 g/mol. The van der Waals surface area contributed by atoms with E-state index in [1.54, 1.807) is 0 Å². The second-order valence-corrected chi connectivity index (χ2v) is 16.0. The molecule has 12 rings (SSSR count). The number of nitrogens with zero attached hydrogens (tertiary/aromatic N) is 4. The summed E-state index contributed by atoms with van der Waals surface area (Å²) in [6.07, 6.45) is 0. The topological polar surface area (TPSA) is 43.6 Å². The Morgan fingerprint density at radius 2 is 0.931 bits per heavy atom. The largest absolute Gasteiger partial charge is 0.309 e. The molecule has 0 radical (unpaired) electrons. The van der Waals surface area contributed by atoms with Gasteiger partial charge in [0, 0.05) is 44.0 Å². The Morgan fingerprint density at radius 1 is 0.362 bits per heavy atom. The van der Waals surface area contributed by atoms with Crippen molar-refractivity contribution < 1.29 is 0 Å². The molecule has 0 N–H and O–H groups in total. The van der Waals surface area contributed by atoms with Crippen LogP contribution in [0.5, 0.6) is 0 Å². The molecule has 0 fully saturated rings. The van der Waals surface area contributed by atoms with Gasteiger partial charge in [0.2, 0.25) is 0 Å². The summed E-state index contributed by atoms with van der Waals surface area (Å²) in [4.78, 5) is 15.5. The van der Waals surface area contributed by atoms with Crippen molar-refractivity contribution in [2.24, 2.45) is 0 Å². The van der Waals surface area contributed by atoms with Gasteiger partial charge in [-0.15, -0.1) is 0 Å². The minimum Gasteiger partial charge on any atom is -0.309 e. The molecule has 0 spiro atoms. The third-order valence-electron chi connectivity index (χ3n) is 12.4. The smallest absolute Gasteiger partial charge is 0.164 e. The van der Waals surface area contributed by atoms with Crippen LogP contribution < -0.4 is 0 Å². The molecule has 58 heavy (non-hydrogen) atoms. The summed E-state index contributed by atoms with van der Waals surface area (Å²) < 4.78 is 2.47. The summed E-state index contributed by atoms with van der Waals surface area (Å²) in [5.41, 5.74) is 11.7. The molecule has 4 nitrogen and oxygen atoms in total. The van der Waals surface area contributed by atoms with Gasteiger partial charge in [-0.1, -0.05) is 166 Å². The van der Waals surface area contributed by atoms with E-state index in [1.165, 1.54) is 65.6 Å². The first kappa shape index (κ1) is 32.8. The molecule has 0 aliphatic heterocycles. The lowest BCUT2D eigenvalue weighted by atomic mass is 9.82. The zero-order chi connectivity index (χ0) is 38.5. The molecule has 4 heteroatoms. The lowest BCUT2D eigenvalue weighted by Gasteiger charge is -2.21. The third-order valence-corrected chi connectivity index (χ3v) is 12.4. The molecule has 9 aromatic carbocycles. The Morgan fingerprint density at radius 3 is 1.67 bits per heavy atom. The minimum atomic E-state index is -0.115. The van der Waals surface area contributed by atoms with Crippen molar-refractivity contribution in [3.8, 4) is 51.0 Å². The van der Waals surface area contributed by atoms with Gasteiger partial charge in [0.25, 0.3) is 0 Å². The van der Waals surface area contributed by atoms with E-state index in [2.05, 4.69) is 164 Å². The molecule has 2 heterocycles. The Bertz CT molecular complexity index is 3410. The highest BCUT2D eigenvalue weighted by atomic mass is 15.0. The Hall–Kier alpha value is -7.43. The molecule has 0 amide bonds. The summed E-state index contributed by atoms with van der Waals surface area (Å²) in [7, 11) is 0. The minimum absolute atomic E-state index is 0.115. The van der Waals surface area contributed by atoms with E-state index in [-0.39, 0.29) is 5.41 Å². The van der Waals surface area contributed by atoms with E-state index < -0.39 is 0 Å². The van der Waals surface area contributed by atoms with Crippen molar-refractivity contribution in [2.45, 2.75) is 19.3 Å². The third kappa shape index (κ3) is 4.72. The van der Waals surface area contributed by atoms with Crippen molar-refractivity contribution in [3.63, 3.8) is 0 Å². The van der Waals surface area contributed by atoms with E-state index in [0.29, 0.717) is 17.5 Å². The first-order valence-electron chi connectivity index (χ1n) is 20.0. The first-order chi connectivity index (χ1) is 28.5. The number of fused-ring (bicyclic) bond motifs is 12. The summed E-state index contributed by atoms with van der Waals surface area (Å²) in [5.74, 6) is 1.94. The highest BCUT2D eigenvalue weighted by Gasteiger charge is 2.36. The van der Waals surface area contributed by atoms with E-state index >= 15 is 0 Å². The van der Waals surface area contributed by atoms with Crippen LogP contribution >= 0.6 is 0 Å². The van der Waals surface area contributed by atoms with Gasteiger partial charge in [-0.2, -0.15) is 0 Å². The summed E-state index contributed by atoms with van der Waals surface area (Å²) >= 11 is 0. The van der Waals surface area contributed by atoms with Gasteiger partial charge in [-0.25, -0.2) is 15.0 Å². The molecular formula is C54H36N4. The quantitative estimate of drug-likeness (QED) is 0.169. The number of hydrogen-bond acceptors (Lipinski definition) is 3. The fraction of sp³-hybridized carbons (Fsp3) is 0.0556. The number of hydrogen-bond donors (Lipinski definition) is 0. The molecule has 0 saturated heterocycles. The zero-order valence-corrected chi connectivity index (χ0v) is 32.1. The fourth-order valence-electron chi connectivity index (χ4n) is 9.69. The van der Waals surface area contributed by atoms with Crippen LogP contribution in [0.2, 0.25) is 0 Å². The second-order valence-electron chi connectivity index (χ2n) is 16.0. The predicted molar refractivity (Wildman–Crippen MR) is 241 cm³/mol. The van der Waals surface area contributed by atoms with Crippen LogP contribution in [0.25, 0.3) is 105 Å². The van der Waals surface area contributed by atoms with Crippen LogP contribution in [-0.4, -0.2) is 19.5 Å². The number of rotatable bonds is 4. The molecule has 0 bridgehead atoms. The molecule has 0 atom stereocenters. The van der Waals surface area contributed by atoms with Gasteiger partial charge in [-0.3, -0.25) is 0 Å². The van der Waals surface area contributed by atoms with Crippen LogP contribution in [-0.2, 0) is 5.41 Å². The van der Waals surface area contributed by atoms with Crippen LogP contribution in [0, 0.1) is 0 Å². The van der Waals surface area contributed by atoms with E-state index in [1.807, 2.05) is 36.4 Å². The van der Waals surface area contributed by atoms with Crippen molar-refractivity contribution in [3.05, 3.63) is 193 Å². The SMILES string of the molecule is CC1(C)c2ccccc2-c2cc3c4ccccc4n(-c4ccc5c6ccccc6c6cccc(-c7nc(-c8ccccc8)nc(-c8ccccc8)n7)c6c5c4)c3cc21. The molecule has 1 aliphatic rings. The van der Waals surface area contributed by atoms with Crippen molar-refractivity contribution in [1.82, 2.24) is 19.5 Å². The second kappa shape index (κ2) is 12.3. The summed E-state index contributed by atoms with van der Waals surface area (Å²) in [6, 6.07) is 65.4. The van der Waals surface area contributed by atoms with Crippen molar-refractivity contribution in [2.75, 3.05) is 0 Å². The maximum atomic E-state index is 5.23. The van der Waals surface area contributed by atoms with Crippen molar-refractivity contribution in [1.29, 1.82) is 0 Å². The molecule has 0 unspecified atom stereocenters. The van der Waals surface area contributed by atoms with Gasteiger partial charge in [0.15, 0.2) is 17.5 Å². The lowest BCUT2D eigenvalue weighted by molar-refractivity contribution is 0.661. The normalized spacial score (nSPS) is 13.1. The molecule has 1 aliphatic carbocycles. The summed E-state index contributed by atoms with van der Waals surface area (Å²) in [6.45, 7) is 4.72. The molecule has 2 aromatic heterocycles. The van der Waals surface area contributed by atoms with Crippen molar-refractivity contribution >= 4 is 54.1 Å². The van der Waals surface area contributed by atoms with Crippen LogP contribution in [0.1, 0.15) is 25.0 Å². The summed E-state index contributed by atoms with van der Waals surface area (Å²) in [5, 5.41) is 9.58.